The van der Waals surface area contributed by atoms with E-state index < -0.39 is 0 Å². The molecule has 0 unspecified atom stereocenters. The number of hydrogen-bond acceptors (Lipinski definition) is 5. The molecule has 0 bridgehead atoms. The second-order valence-corrected chi connectivity index (χ2v) is 3.88. The van der Waals surface area contributed by atoms with Crippen molar-refractivity contribution in [2.24, 2.45) is 0 Å². The molecule has 6 heteroatoms. The van der Waals surface area contributed by atoms with E-state index >= 15 is 0 Å². The van der Waals surface area contributed by atoms with Gasteiger partial charge in [0, 0.05) is 24.7 Å². The maximum absolute atomic E-state index is 11.5. The van der Waals surface area contributed by atoms with Crippen molar-refractivity contribution in [1.82, 2.24) is 15.5 Å². The Hall–Kier alpha value is -2.63. The first kappa shape index (κ1) is 12.8. The summed E-state index contributed by atoms with van der Waals surface area (Å²) in [5.74, 6) is 0.333. The lowest BCUT2D eigenvalue weighted by molar-refractivity contribution is -0.116. The Bertz CT molecular complexity index is 547. The molecule has 2 aromatic rings. The van der Waals surface area contributed by atoms with Crippen molar-refractivity contribution in [3.63, 3.8) is 0 Å². The highest BCUT2D eigenvalue weighted by Crippen LogP contribution is 2.06. The van der Waals surface area contributed by atoms with Crippen molar-refractivity contribution in [2.45, 2.75) is 6.42 Å². The largest absolute Gasteiger partial charge is 0.399 e. The summed E-state index contributed by atoms with van der Waals surface area (Å²) in [6.45, 7) is 0.451. The van der Waals surface area contributed by atoms with Gasteiger partial charge in [-0.25, -0.2) is 0 Å². The molecule has 98 valence electrons. The molecule has 0 spiro atoms. The number of benzene rings is 1. The minimum atomic E-state index is -0.170. The van der Waals surface area contributed by atoms with Crippen LogP contribution in [0.4, 0.5) is 5.69 Å². The Morgan fingerprint density at radius 2 is 2.16 bits per heavy atom. The minimum Gasteiger partial charge on any atom is -0.399 e. The highest BCUT2D eigenvalue weighted by atomic mass is 16.5. The van der Waals surface area contributed by atoms with Gasteiger partial charge in [-0.05, 0) is 23.8 Å². The van der Waals surface area contributed by atoms with Crippen LogP contribution in [-0.2, 0) is 11.2 Å². The topological polar surface area (TPSA) is 94.0 Å². The van der Waals surface area contributed by atoms with Crippen LogP contribution in [-0.4, -0.2) is 22.6 Å². The summed E-state index contributed by atoms with van der Waals surface area (Å²) in [5.41, 5.74) is 7.18. The molecule has 1 aromatic heterocycles. The maximum atomic E-state index is 11.5. The van der Waals surface area contributed by atoms with Gasteiger partial charge in [-0.2, -0.15) is 4.98 Å². The maximum Gasteiger partial charge on any atom is 0.244 e. The van der Waals surface area contributed by atoms with E-state index in [9.17, 15) is 4.79 Å². The van der Waals surface area contributed by atoms with Gasteiger partial charge in [-0.15, -0.1) is 0 Å². The molecule has 1 aromatic carbocycles. The molecule has 0 radical (unpaired) electrons. The number of hydrogen-bond donors (Lipinski definition) is 2. The first-order valence-electron chi connectivity index (χ1n) is 5.81. The van der Waals surface area contributed by atoms with Crippen LogP contribution in [0.15, 0.2) is 41.2 Å². The van der Waals surface area contributed by atoms with Crippen LogP contribution in [0.2, 0.25) is 0 Å². The summed E-state index contributed by atoms with van der Waals surface area (Å²) in [6.07, 6.45) is 5.04. The van der Waals surface area contributed by atoms with E-state index in [1.807, 2.05) is 12.1 Å². The Balaban J connectivity index is 1.76. The lowest BCUT2D eigenvalue weighted by Crippen LogP contribution is -2.23. The number of nitrogen functional groups attached to an aromatic ring is 1. The van der Waals surface area contributed by atoms with Crippen LogP contribution in [0.1, 0.15) is 11.5 Å². The molecule has 19 heavy (non-hydrogen) atoms. The van der Waals surface area contributed by atoms with Crippen LogP contribution in [0, 0.1) is 0 Å². The lowest BCUT2D eigenvalue weighted by Gasteiger charge is -1.99. The van der Waals surface area contributed by atoms with Crippen molar-refractivity contribution in [3.8, 4) is 0 Å². The SMILES string of the molecule is Nc1ccc(/C=C/C(=O)NCCc2ncno2)cc1. The molecule has 1 heterocycles. The van der Waals surface area contributed by atoms with E-state index in [4.69, 9.17) is 10.3 Å². The second kappa shape index (κ2) is 6.34. The van der Waals surface area contributed by atoms with E-state index in [0.717, 1.165) is 5.56 Å². The summed E-state index contributed by atoms with van der Waals surface area (Å²) in [5, 5.41) is 6.20. The number of carbonyl (C=O) groups excluding carboxylic acids is 1. The number of amides is 1. The van der Waals surface area contributed by atoms with Gasteiger partial charge >= 0.3 is 0 Å². The van der Waals surface area contributed by atoms with Crippen LogP contribution in [0.3, 0.4) is 0 Å². The number of aromatic nitrogens is 2. The van der Waals surface area contributed by atoms with Crippen molar-refractivity contribution < 1.29 is 9.32 Å². The molecule has 0 atom stereocenters. The second-order valence-electron chi connectivity index (χ2n) is 3.88. The van der Waals surface area contributed by atoms with Crippen molar-refractivity contribution >= 4 is 17.7 Å². The van der Waals surface area contributed by atoms with Gasteiger partial charge < -0.3 is 15.6 Å². The van der Waals surface area contributed by atoms with Crippen molar-refractivity contribution in [2.75, 3.05) is 12.3 Å². The molecule has 0 aliphatic carbocycles. The molecular weight excluding hydrogens is 244 g/mol. The molecular formula is C13H14N4O2. The zero-order valence-corrected chi connectivity index (χ0v) is 10.2. The first-order chi connectivity index (χ1) is 9.24. The van der Waals surface area contributed by atoms with Gasteiger partial charge in [0.05, 0.1) is 0 Å². The number of nitrogens with one attached hydrogen (secondary N) is 1. The van der Waals surface area contributed by atoms with Crippen LogP contribution < -0.4 is 11.1 Å². The smallest absolute Gasteiger partial charge is 0.244 e. The summed E-state index contributed by atoms with van der Waals surface area (Å²) < 4.78 is 4.81. The fourth-order valence-corrected chi connectivity index (χ4v) is 1.44. The zero-order valence-electron chi connectivity index (χ0n) is 10.2. The van der Waals surface area contributed by atoms with Gasteiger partial charge in [0.2, 0.25) is 11.8 Å². The third-order valence-electron chi connectivity index (χ3n) is 2.41. The Morgan fingerprint density at radius 3 is 2.84 bits per heavy atom. The quantitative estimate of drug-likeness (QED) is 0.617. The monoisotopic (exact) mass is 258 g/mol. The predicted octanol–water partition coefficient (Wildman–Crippen LogP) is 1.02. The summed E-state index contributed by atoms with van der Waals surface area (Å²) >= 11 is 0. The Labute approximate surface area is 110 Å². The van der Waals surface area contributed by atoms with Gasteiger partial charge in [0.15, 0.2) is 6.33 Å². The summed E-state index contributed by atoms with van der Waals surface area (Å²) in [7, 11) is 0. The van der Waals surface area contributed by atoms with Crippen LogP contribution in [0.5, 0.6) is 0 Å². The number of carbonyl (C=O) groups is 1. The highest BCUT2D eigenvalue weighted by molar-refractivity contribution is 5.91. The standard InChI is InChI=1S/C13H14N4O2/c14-11-4-1-10(2-5-11)3-6-12(18)15-8-7-13-16-9-17-19-13/h1-6,9H,7-8,14H2,(H,15,18)/b6-3+. The zero-order chi connectivity index (χ0) is 13.5. The average Bonchev–Trinajstić information content (AvgIpc) is 2.91. The molecule has 6 nitrogen and oxygen atoms in total. The van der Waals surface area contributed by atoms with E-state index in [1.165, 1.54) is 12.4 Å². The van der Waals surface area contributed by atoms with E-state index in [-0.39, 0.29) is 5.91 Å². The number of anilines is 1. The highest BCUT2D eigenvalue weighted by Gasteiger charge is 2.00. The van der Waals surface area contributed by atoms with Crippen LogP contribution in [0.25, 0.3) is 6.08 Å². The Morgan fingerprint density at radius 1 is 1.37 bits per heavy atom. The first-order valence-corrected chi connectivity index (χ1v) is 5.81. The number of rotatable bonds is 5. The molecule has 0 saturated heterocycles. The van der Waals surface area contributed by atoms with Crippen molar-refractivity contribution in [3.05, 3.63) is 48.1 Å². The van der Waals surface area contributed by atoms with Gasteiger partial charge in [0.1, 0.15) is 0 Å². The molecule has 2 rings (SSSR count). The lowest BCUT2D eigenvalue weighted by atomic mass is 10.2. The summed E-state index contributed by atoms with van der Waals surface area (Å²) in [4.78, 5) is 15.4. The van der Waals surface area contributed by atoms with Gasteiger partial charge in [0.25, 0.3) is 0 Å². The minimum absolute atomic E-state index is 0.170. The Kier molecular flexibility index (Phi) is 4.28. The van der Waals surface area contributed by atoms with Crippen LogP contribution >= 0.6 is 0 Å². The normalized spacial score (nSPS) is 10.7. The van der Waals surface area contributed by atoms with E-state index in [0.29, 0.717) is 24.5 Å². The molecule has 0 fully saturated rings. The molecule has 3 N–H and O–H groups in total. The third kappa shape index (κ3) is 4.27. The average molecular weight is 258 g/mol. The summed E-state index contributed by atoms with van der Waals surface area (Å²) in [6, 6.07) is 7.26. The molecule has 0 aliphatic heterocycles. The molecule has 1 amide bonds. The van der Waals surface area contributed by atoms with E-state index in [2.05, 4.69) is 15.5 Å². The fourth-order valence-electron chi connectivity index (χ4n) is 1.44. The van der Waals surface area contributed by atoms with Gasteiger partial charge in [-0.3, -0.25) is 4.79 Å². The number of nitrogens with two attached hydrogens (primary N) is 1. The fraction of sp³-hybridized carbons (Fsp3) is 0.154. The van der Waals surface area contributed by atoms with Gasteiger partial charge in [-0.1, -0.05) is 17.3 Å². The molecule has 0 saturated carbocycles. The van der Waals surface area contributed by atoms with E-state index in [1.54, 1.807) is 18.2 Å². The number of nitrogens with zero attached hydrogens (tertiary/aromatic N) is 2. The molecule has 0 aliphatic rings. The third-order valence-corrected chi connectivity index (χ3v) is 2.41. The predicted molar refractivity (Wildman–Crippen MR) is 70.9 cm³/mol. The van der Waals surface area contributed by atoms with Crippen molar-refractivity contribution in [1.29, 1.82) is 0 Å².